The van der Waals surface area contributed by atoms with Crippen molar-refractivity contribution in [1.29, 1.82) is 5.41 Å². The number of benzene rings is 2. The molecule has 8 heteroatoms. The van der Waals surface area contributed by atoms with Gasteiger partial charge in [-0.15, -0.1) is 0 Å². The first kappa shape index (κ1) is 20.7. The second-order valence-corrected chi connectivity index (χ2v) is 8.48. The van der Waals surface area contributed by atoms with Crippen LogP contribution in [0.25, 0.3) is 11.8 Å². The van der Waals surface area contributed by atoms with Gasteiger partial charge in [-0.25, -0.2) is 9.58 Å². The number of rotatable bonds is 4. The van der Waals surface area contributed by atoms with Crippen molar-refractivity contribution in [1.82, 2.24) is 9.36 Å². The van der Waals surface area contributed by atoms with Gasteiger partial charge in [-0.1, -0.05) is 30.3 Å². The number of anilines is 2. The Bertz CT molecular complexity index is 1250. The van der Waals surface area contributed by atoms with Crippen LogP contribution in [-0.2, 0) is 11.8 Å². The van der Waals surface area contributed by atoms with Crippen molar-refractivity contribution in [3.05, 3.63) is 81.1 Å². The van der Waals surface area contributed by atoms with Crippen molar-refractivity contribution in [2.75, 3.05) is 23.9 Å². The lowest BCUT2D eigenvalue weighted by Crippen LogP contribution is -2.33. The third-order valence-corrected chi connectivity index (χ3v) is 6.17. The Kier molecular flexibility index (Phi) is 5.32. The molecule has 1 saturated heterocycles. The second kappa shape index (κ2) is 7.96. The molecule has 4 rings (SSSR count). The topological polar surface area (TPSA) is 74.3 Å². The fraction of sp³-hybridized carbons (Fsp3) is 0.174. The maximum Gasteiger partial charge on any atom is 0.296 e. The van der Waals surface area contributed by atoms with Gasteiger partial charge in [0, 0.05) is 26.8 Å². The predicted molar refractivity (Wildman–Crippen MR) is 127 cm³/mol. The highest BCUT2D eigenvalue weighted by Crippen LogP contribution is 2.35. The molecule has 1 amide bonds. The highest BCUT2D eigenvalue weighted by atomic mass is 32.2. The zero-order chi connectivity index (χ0) is 22.3. The molecule has 1 N–H and O–H groups in total. The molecule has 1 aliphatic rings. The molecular formula is C23H23N5O2S. The third kappa shape index (κ3) is 3.59. The minimum Gasteiger partial charge on any atom is -0.378 e. The van der Waals surface area contributed by atoms with Gasteiger partial charge in [0.1, 0.15) is 5.69 Å². The van der Waals surface area contributed by atoms with Crippen LogP contribution in [0.1, 0.15) is 11.3 Å². The molecule has 0 radical (unpaired) electrons. The van der Waals surface area contributed by atoms with Crippen LogP contribution >= 0.6 is 11.8 Å². The van der Waals surface area contributed by atoms with Crippen LogP contribution in [0.5, 0.6) is 0 Å². The van der Waals surface area contributed by atoms with Gasteiger partial charge in [0.05, 0.1) is 16.3 Å². The summed E-state index contributed by atoms with van der Waals surface area (Å²) >= 11 is 1.06. The summed E-state index contributed by atoms with van der Waals surface area (Å²) in [5.74, 6) is -0.363. The Morgan fingerprint density at radius 1 is 1.00 bits per heavy atom. The highest BCUT2D eigenvalue weighted by Gasteiger charge is 2.37. The fourth-order valence-corrected chi connectivity index (χ4v) is 4.37. The molecule has 158 valence electrons. The number of aromatic nitrogens is 2. The standard InChI is InChI=1S/C23H23N5O2S/c1-15-20(22(30)28(26(15)4)18-8-6-5-7-9-18)27-21(29)19(31-23(27)24)14-16-10-12-17(13-11-16)25(2)3/h5-14,24H,1-4H3/b19-14-,24-23?. The van der Waals surface area contributed by atoms with Crippen LogP contribution in [0, 0.1) is 12.3 Å². The van der Waals surface area contributed by atoms with E-state index in [1.807, 2.05) is 73.6 Å². The molecule has 0 spiro atoms. The summed E-state index contributed by atoms with van der Waals surface area (Å²) in [5.41, 5.74) is 3.11. The Hall–Kier alpha value is -3.52. The van der Waals surface area contributed by atoms with E-state index in [-0.39, 0.29) is 22.3 Å². The highest BCUT2D eigenvalue weighted by molar-refractivity contribution is 8.19. The van der Waals surface area contributed by atoms with E-state index in [1.54, 1.807) is 24.7 Å². The van der Waals surface area contributed by atoms with E-state index in [0.717, 1.165) is 23.0 Å². The average Bonchev–Trinajstić information content (AvgIpc) is 3.14. The predicted octanol–water partition coefficient (Wildman–Crippen LogP) is 3.61. The molecule has 2 heterocycles. The number of nitrogens with one attached hydrogen (secondary N) is 1. The molecule has 7 nitrogen and oxygen atoms in total. The number of thioether (sulfide) groups is 1. The minimum atomic E-state index is -0.363. The number of hydrogen-bond donors (Lipinski definition) is 1. The van der Waals surface area contributed by atoms with E-state index < -0.39 is 0 Å². The van der Waals surface area contributed by atoms with Crippen molar-refractivity contribution in [3.63, 3.8) is 0 Å². The first-order valence-electron chi connectivity index (χ1n) is 9.73. The largest absolute Gasteiger partial charge is 0.378 e. The number of amidine groups is 1. The molecule has 0 aliphatic carbocycles. The zero-order valence-corrected chi connectivity index (χ0v) is 18.6. The lowest BCUT2D eigenvalue weighted by molar-refractivity contribution is -0.113. The van der Waals surface area contributed by atoms with E-state index in [1.165, 1.54) is 9.58 Å². The fourth-order valence-electron chi connectivity index (χ4n) is 3.52. The molecule has 0 saturated carbocycles. The van der Waals surface area contributed by atoms with Crippen LogP contribution in [0.2, 0.25) is 0 Å². The minimum absolute atomic E-state index is 0.0205. The van der Waals surface area contributed by atoms with E-state index in [0.29, 0.717) is 16.3 Å². The SMILES string of the molecule is Cc1c(N2C(=N)S/C(=C\c3ccc(N(C)C)cc3)C2=O)c(=O)n(-c2ccccc2)n1C. The molecule has 1 aliphatic heterocycles. The molecule has 0 bridgehead atoms. The number of nitrogens with zero attached hydrogens (tertiary/aromatic N) is 4. The van der Waals surface area contributed by atoms with Crippen LogP contribution in [0.3, 0.4) is 0 Å². The van der Waals surface area contributed by atoms with Crippen molar-refractivity contribution < 1.29 is 4.79 Å². The maximum atomic E-state index is 13.3. The van der Waals surface area contributed by atoms with Gasteiger partial charge < -0.3 is 4.90 Å². The first-order chi connectivity index (χ1) is 14.8. The molecule has 2 aromatic carbocycles. The summed E-state index contributed by atoms with van der Waals surface area (Å²) in [6.45, 7) is 1.78. The molecule has 1 aromatic heterocycles. The van der Waals surface area contributed by atoms with Crippen molar-refractivity contribution in [2.24, 2.45) is 7.05 Å². The third-order valence-electron chi connectivity index (χ3n) is 5.28. The summed E-state index contributed by atoms with van der Waals surface area (Å²) in [6, 6.07) is 17.1. The Labute approximate surface area is 184 Å². The summed E-state index contributed by atoms with van der Waals surface area (Å²) in [7, 11) is 5.70. The first-order valence-corrected chi connectivity index (χ1v) is 10.5. The summed E-state index contributed by atoms with van der Waals surface area (Å²) in [4.78, 5) is 30.1. The van der Waals surface area contributed by atoms with Gasteiger partial charge in [0.25, 0.3) is 11.5 Å². The Balaban J connectivity index is 1.73. The lowest BCUT2D eigenvalue weighted by Gasteiger charge is -2.12. The number of hydrogen-bond acceptors (Lipinski definition) is 5. The number of carbonyl (C=O) groups excluding carboxylic acids is 1. The van der Waals surface area contributed by atoms with Crippen LogP contribution < -0.4 is 15.4 Å². The number of amides is 1. The van der Waals surface area contributed by atoms with E-state index in [4.69, 9.17) is 5.41 Å². The van der Waals surface area contributed by atoms with Gasteiger partial charge in [0.15, 0.2) is 5.17 Å². The molecule has 3 aromatic rings. The van der Waals surface area contributed by atoms with Crippen molar-refractivity contribution in [3.8, 4) is 5.69 Å². The van der Waals surface area contributed by atoms with E-state index in [2.05, 4.69) is 0 Å². The van der Waals surface area contributed by atoms with Crippen LogP contribution in [-0.4, -0.2) is 34.5 Å². The zero-order valence-electron chi connectivity index (χ0n) is 17.8. The van der Waals surface area contributed by atoms with E-state index >= 15 is 0 Å². The number of para-hydroxylation sites is 1. The van der Waals surface area contributed by atoms with Gasteiger partial charge >= 0.3 is 0 Å². The second-order valence-electron chi connectivity index (χ2n) is 7.45. The number of carbonyl (C=O) groups is 1. The van der Waals surface area contributed by atoms with Crippen molar-refractivity contribution in [2.45, 2.75) is 6.92 Å². The molecule has 0 unspecified atom stereocenters. The summed E-state index contributed by atoms with van der Waals surface area (Å²) in [5, 5.41) is 8.42. The van der Waals surface area contributed by atoms with Gasteiger partial charge in [-0.05, 0) is 54.6 Å². The molecular weight excluding hydrogens is 410 g/mol. The molecule has 31 heavy (non-hydrogen) atoms. The van der Waals surface area contributed by atoms with E-state index in [9.17, 15) is 9.59 Å². The lowest BCUT2D eigenvalue weighted by atomic mass is 10.2. The molecule has 0 atom stereocenters. The smallest absolute Gasteiger partial charge is 0.296 e. The van der Waals surface area contributed by atoms with Crippen LogP contribution in [0.4, 0.5) is 11.4 Å². The van der Waals surface area contributed by atoms with Gasteiger partial charge in [0.2, 0.25) is 0 Å². The quantitative estimate of drug-likeness (QED) is 0.638. The van der Waals surface area contributed by atoms with Crippen LogP contribution in [0.15, 0.2) is 64.3 Å². The Morgan fingerprint density at radius 3 is 2.26 bits per heavy atom. The van der Waals surface area contributed by atoms with Crippen molar-refractivity contribution >= 4 is 40.3 Å². The maximum absolute atomic E-state index is 13.3. The monoisotopic (exact) mass is 433 g/mol. The summed E-state index contributed by atoms with van der Waals surface area (Å²) < 4.78 is 3.22. The summed E-state index contributed by atoms with van der Waals surface area (Å²) in [6.07, 6.45) is 1.76. The normalized spacial score (nSPS) is 15.2. The Morgan fingerprint density at radius 2 is 1.65 bits per heavy atom. The van der Waals surface area contributed by atoms with Gasteiger partial charge in [-0.3, -0.25) is 19.7 Å². The molecule has 1 fully saturated rings. The van der Waals surface area contributed by atoms with Gasteiger partial charge in [-0.2, -0.15) is 0 Å². The average molecular weight is 434 g/mol.